The van der Waals surface area contributed by atoms with Gasteiger partial charge in [0.2, 0.25) is 0 Å². The number of carbonyl (C=O) groups excluding carboxylic acids is 1. The van der Waals surface area contributed by atoms with Crippen LogP contribution in [0.3, 0.4) is 0 Å². The van der Waals surface area contributed by atoms with E-state index in [2.05, 4.69) is 5.32 Å². The van der Waals surface area contributed by atoms with Crippen LogP contribution in [0.25, 0.3) is 21.7 Å². The van der Waals surface area contributed by atoms with E-state index in [-0.39, 0.29) is 11.9 Å². The zero-order valence-electron chi connectivity index (χ0n) is 13.3. The van der Waals surface area contributed by atoms with Gasteiger partial charge < -0.3 is 9.73 Å². The Kier molecular flexibility index (Phi) is 3.54. The number of benzene rings is 3. The third-order valence-electron chi connectivity index (χ3n) is 4.23. The van der Waals surface area contributed by atoms with Gasteiger partial charge in [-0.05, 0) is 42.0 Å². The van der Waals surface area contributed by atoms with Crippen LogP contribution in [0, 0.1) is 0 Å². The molecule has 1 aromatic heterocycles. The van der Waals surface area contributed by atoms with Crippen molar-refractivity contribution in [3.05, 3.63) is 84.1 Å². The maximum Gasteiger partial charge on any atom is 0.251 e. The maximum absolute atomic E-state index is 12.5. The molecule has 0 saturated heterocycles. The Labute approximate surface area is 139 Å². The van der Waals surface area contributed by atoms with Crippen LogP contribution in [-0.4, -0.2) is 5.91 Å². The molecule has 1 atom stereocenters. The first-order chi connectivity index (χ1) is 11.7. The highest BCUT2D eigenvalue weighted by atomic mass is 16.3. The lowest BCUT2D eigenvalue weighted by molar-refractivity contribution is 0.0936. The number of rotatable bonds is 3. The third kappa shape index (κ3) is 2.65. The summed E-state index contributed by atoms with van der Waals surface area (Å²) in [4.78, 5) is 12.5. The summed E-state index contributed by atoms with van der Waals surface area (Å²) in [6.45, 7) is 1.93. The Balaban J connectivity index is 1.57. The molecule has 3 nitrogen and oxygen atoms in total. The molecule has 0 unspecified atom stereocenters. The van der Waals surface area contributed by atoms with Gasteiger partial charge in [-0.2, -0.15) is 0 Å². The average Bonchev–Trinajstić information content (AvgIpc) is 3.05. The lowest BCUT2D eigenvalue weighted by Crippen LogP contribution is -2.26. The number of hydrogen-bond donors (Lipinski definition) is 1. The summed E-state index contributed by atoms with van der Waals surface area (Å²) >= 11 is 0. The monoisotopic (exact) mass is 315 g/mol. The molecule has 1 heterocycles. The van der Waals surface area contributed by atoms with E-state index in [1.165, 1.54) is 0 Å². The first-order valence-electron chi connectivity index (χ1n) is 7.99. The summed E-state index contributed by atoms with van der Waals surface area (Å²) in [6, 6.07) is 23.4. The molecule has 0 fully saturated rings. The van der Waals surface area contributed by atoms with E-state index >= 15 is 0 Å². The SMILES string of the molecule is C[C@@H](NC(=O)c1ccc2ccccc2c1)c1cc2ccccc2o1. The Hall–Kier alpha value is -3.07. The van der Waals surface area contributed by atoms with Crippen LogP contribution < -0.4 is 5.32 Å². The molecule has 0 bridgehead atoms. The third-order valence-corrected chi connectivity index (χ3v) is 4.23. The van der Waals surface area contributed by atoms with Crippen LogP contribution >= 0.6 is 0 Å². The largest absolute Gasteiger partial charge is 0.459 e. The smallest absolute Gasteiger partial charge is 0.251 e. The van der Waals surface area contributed by atoms with Gasteiger partial charge in [0.25, 0.3) is 5.91 Å². The number of para-hydroxylation sites is 1. The second kappa shape index (κ2) is 5.85. The Morgan fingerprint density at radius 2 is 1.58 bits per heavy atom. The van der Waals surface area contributed by atoms with Crippen LogP contribution in [0.15, 0.2) is 77.2 Å². The zero-order valence-corrected chi connectivity index (χ0v) is 13.3. The molecule has 0 aliphatic heterocycles. The second-order valence-electron chi connectivity index (χ2n) is 5.94. The van der Waals surface area contributed by atoms with Crippen LogP contribution in [0.2, 0.25) is 0 Å². The van der Waals surface area contributed by atoms with Crippen LogP contribution in [0.5, 0.6) is 0 Å². The van der Waals surface area contributed by atoms with Crippen LogP contribution in [0.1, 0.15) is 29.1 Å². The van der Waals surface area contributed by atoms with Gasteiger partial charge in [-0.25, -0.2) is 0 Å². The van der Waals surface area contributed by atoms with Crippen molar-refractivity contribution in [2.24, 2.45) is 0 Å². The van der Waals surface area contributed by atoms with E-state index < -0.39 is 0 Å². The summed E-state index contributed by atoms with van der Waals surface area (Å²) in [6.07, 6.45) is 0. The number of fused-ring (bicyclic) bond motifs is 2. The van der Waals surface area contributed by atoms with Crippen molar-refractivity contribution in [2.45, 2.75) is 13.0 Å². The zero-order chi connectivity index (χ0) is 16.5. The van der Waals surface area contributed by atoms with Gasteiger partial charge in [0.15, 0.2) is 0 Å². The summed E-state index contributed by atoms with van der Waals surface area (Å²) in [5, 5.41) is 6.23. The van der Waals surface area contributed by atoms with Gasteiger partial charge in [0.1, 0.15) is 11.3 Å². The van der Waals surface area contributed by atoms with E-state index in [0.29, 0.717) is 5.56 Å². The Morgan fingerprint density at radius 1 is 0.875 bits per heavy atom. The van der Waals surface area contributed by atoms with E-state index in [4.69, 9.17) is 4.42 Å². The molecule has 1 N–H and O–H groups in total. The number of hydrogen-bond acceptors (Lipinski definition) is 2. The molecular weight excluding hydrogens is 298 g/mol. The molecule has 24 heavy (non-hydrogen) atoms. The lowest BCUT2D eigenvalue weighted by atomic mass is 10.1. The normalized spacial score (nSPS) is 12.4. The van der Waals surface area contributed by atoms with E-state index in [9.17, 15) is 4.79 Å². The molecule has 0 aliphatic rings. The average molecular weight is 315 g/mol. The lowest BCUT2D eigenvalue weighted by Gasteiger charge is -2.12. The Morgan fingerprint density at radius 3 is 2.38 bits per heavy atom. The van der Waals surface area contributed by atoms with Gasteiger partial charge in [-0.1, -0.05) is 48.5 Å². The van der Waals surface area contributed by atoms with Gasteiger partial charge in [0.05, 0.1) is 6.04 Å². The number of amides is 1. The van der Waals surface area contributed by atoms with E-state index in [1.807, 2.05) is 79.7 Å². The minimum absolute atomic E-state index is 0.103. The van der Waals surface area contributed by atoms with Crippen molar-refractivity contribution in [3.63, 3.8) is 0 Å². The molecular formula is C21H17NO2. The molecule has 0 aliphatic carbocycles. The molecule has 0 spiro atoms. The predicted molar refractivity (Wildman–Crippen MR) is 96.0 cm³/mol. The van der Waals surface area contributed by atoms with Gasteiger partial charge in [-0.15, -0.1) is 0 Å². The highest BCUT2D eigenvalue weighted by Crippen LogP contribution is 2.24. The molecule has 118 valence electrons. The van der Waals surface area contributed by atoms with Crippen molar-refractivity contribution in [1.82, 2.24) is 5.32 Å². The van der Waals surface area contributed by atoms with Crippen LogP contribution in [0.4, 0.5) is 0 Å². The van der Waals surface area contributed by atoms with Crippen molar-refractivity contribution < 1.29 is 9.21 Å². The standard InChI is InChI=1S/C21H17NO2/c1-14(20-13-17-8-4-5-9-19(17)24-20)22-21(23)18-11-10-15-6-2-3-7-16(15)12-18/h2-14H,1H3,(H,22,23)/t14-/m1/s1. The molecule has 4 rings (SSSR count). The molecule has 0 saturated carbocycles. The first kappa shape index (κ1) is 14.5. The predicted octanol–water partition coefficient (Wildman–Crippen LogP) is 5.08. The summed E-state index contributed by atoms with van der Waals surface area (Å²) in [5.74, 6) is 0.652. The number of furan rings is 1. The van der Waals surface area contributed by atoms with Crippen LogP contribution in [-0.2, 0) is 0 Å². The van der Waals surface area contributed by atoms with E-state index in [1.54, 1.807) is 0 Å². The fourth-order valence-electron chi connectivity index (χ4n) is 2.90. The Bertz CT molecular complexity index is 999. The number of nitrogens with one attached hydrogen (secondary N) is 1. The van der Waals surface area contributed by atoms with Crippen molar-refractivity contribution >= 4 is 27.6 Å². The number of carbonyl (C=O) groups is 1. The van der Waals surface area contributed by atoms with Crippen molar-refractivity contribution in [1.29, 1.82) is 0 Å². The van der Waals surface area contributed by atoms with Gasteiger partial charge >= 0.3 is 0 Å². The highest BCUT2D eigenvalue weighted by molar-refractivity contribution is 5.98. The summed E-state index contributed by atoms with van der Waals surface area (Å²) < 4.78 is 5.82. The van der Waals surface area contributed by atoms with Gasteiger partial charge in [-0.3, -0.25) is 4.79 Å². The van der Waals surface area contributed by atoms with Crippen molar-refractivity contribution in [2.75, 3.05) is 0 Å². The fraction of sp³-hybridized carbons (Fsp3) is 0.0952. The van der Waals surface area contributed by atoms with Gasteiger partial charge in [0, 0.05) is 10.9 Å². The topological polar surface area (TPSA) is 42.2 Å². The quantitative estimate of drug-likeness (QED) is 0.573. The minimum Gasteiger partial charge on any atom is -0.459 e. The maximum atomic E-state index is 12.5. The molecule has 3 aromatic carbocycles. The molecule has 0 radical (unpaired) electrons. The molecule has 3 heteroatoms. The minimum atomic E-state index is -0.198. The summed E-state index contributed by atoms with van der Waals surface area (Å²) in [5.41, 5.74) is 1.48. The van der Waals surface area contributed by atoms with E-state index in [0.717, 1.165) is 27.5 Å². The van der Waals surface area contributed by atoms with Crippen molar-refractivity contribution in [3.8, 4) is 0 Å². The fourth-order valence-corrected chi connectivity index (χ4v) is 2.90. The second-order valence-corrected chi connectivity index (χ2v) is 5.94. The highest BCUT2D eigenvalue weighted by Gasteiger charge is 2.15. The molecule has 1 amide bonds. The molecule has 4 aromatic rings. The first-order valence-corrected chi connectivity index (χ1v) is 7.99. The summed E-state index contributed by atoms with van der Waals surface area (Å²) in [7, 11) is 0.